The Labute approximate surface area is 177 Å². The predicted octanol–water partition coefficient (Wildman–Crippen LogP) is 2.66. The van der Waals surface area contributed by atoms with Gasteiger partial charge < -0.3 is 19.1 Å². The molecular formula is C23H30N4O3. The van der Waals surface area contributed by atoms with Gasteiger partial charge in [0.2, 0.25) is 0 Å². The van der Waals surface area contributed by atoms with Crippen molar-refractivity contribution in [1.29, 1.82) is 0 Å². The molecule has 1 aromatic carbocycles. The Kier molecular flexibility index (Phi) is 6.06. The standard InChI is InChI=1S/C23H30N4O3/c1-25-14-18(24-16-25)23(29)27-13-7-11-19-20(27)10-5-3-8-17-9-4-6-12-21(17)30-15-22(28)26(19)2/h4,6,9,12,14,16,19-20H,3,5,7-8,10-11,13,15H2,1-2H3/t19-,20-/m1/s1. The van der Waals surface area contributed by atoms with E-state index in [0.717, 1.165) is 49.8 Å². The molecular weight excluding hydrogens is 380 g/mol. The highest BCUT2D eigenvalue weighted by molar-refractivity contribution is 5.92. The number of hydrogen-bond acceptors (Lipinski definition) is 4. The number of rotatable bonds is 1. The molecule has 0 saturated carbocycles. The van der Waals surface area contributed by atoms with Gasteiger partial charge in [0, 0.05) is 26.8 Å². The number of benzene rings is 1. The fraction of sp³-hybridized carbons (Fsp3) is 0.522. The Morgan fingerprint density at radius 3 is 2.70 bits per heavy atom. The van der Waals surface area contributed by atoms with Crippen molar-refractivity contribution in [3.63, 3.8) is 0 Å². The first-order valence-corrected chi connectivity index (χ1v) is 10.8. The molecule has 2 aromatic rings. The third-order valence-corrected chi connectivity index (χ3v) is 6.34. The Morgan fingerprint density at radius 2 is 1.90 bits per heavy atom. The zero-order chi connectivity index (χ0) is 21.1. The third-order valence-electron chi connectivity index (χ3n) is 6.34. The minimum Gasteiger partial charge on any atom is -0.483 e. The molecule has 0 aliphatic carbocycles. The van der Waals surface area contributed by atoms with Crippen LogP contribution in [0, 0.1) is 0 Å². The molecule has 0 unspecified atom stereocenters. The molecule has 1 aromatic heterocycles. The van der Waals surface area contributed by atoms with Crippen LogP contribution in [0.3, 0.4) is 0 Å². The van der Waals surface area contributed by atoms with Crippen LogP contribution in [0.4, 0.5) is 0 Å². The summed E-state index contributed by atoms with van der Waals surface area (Å²) in [5, 5.41) is 0. The second kappa shape index (κ2) is 8.90. The summed E-state index contributed by atoms with van der Waals surface area (Å²) >= 11 is 0. The van der Waals surface area contributed by atoms with Crippen LogP contribution < -0.4 is 4.74 Å². The summed E-state index contributed by atoms with van der Waals surface area (Å²) in [6, 6.07) is 7.94. The predicted molar refractivity (Wildman–Crippen MR) is 113 cm³/mol. The number of imidazole rings is 1. The number of piperidine rings is 1. The van der Waals surface area contributed by atoms with E-state index in [2.05, 4.69) is 11.1 Å². The monoisotopic (exact) mass is 410 g/mol. The second-order valence-electron chi connectivity index (χ2n) is 8.35. The molecule has 7 nitrogen and oxygen atoms in total. The highest BCUT2D eigenvalue weighted by Crippen LogP contribution is 2.29. The third kappa shape index (κ3) is 4.20. The van der Waals surface area contributed by atoms with Crippen molar-refractivity contribution in [3.05, 3.63) is 48.0 Å². The topological polar surface area (TPSA) is 67.7 Å². The van der Waals surface area contributed by atoms with Crippen molar-refractivity contribution in [1.82, 2.24) is 19.4 Å². The van der Waals surface area contributed by atoms with Gasteiger partial charge in [-0.2, -0.15) is 0 Å². The van der Waals surface area contributed by atoms with Crippen LogP contribution in [0.5, 0.6) is 5.75 Å². The summed E-state index contributed by atoms with van der Waals surface area (Å²) in [6.45, 7) is 0.725. The van der Waals surface area contributed by atoms with E-state index in [-0.39, 0.29) is 30.5 Å². The fourth-order valence-corrected chi connectivity index (χ4v) is 4.71. The maximum Gasteiger partial charge on any atom is 0.274 e. The van der Waals surface area contributed by atoms with Crippen LogP contribution in [-0.2, 0) is 18.3 Å². The van der Waals surface area contributed by atoms with Gasteiger partial charge in [0.15, 0.2) is 6.61 Å². The first-order valence-electron chi connectivity index (χ1n) is 10.8. The van der Waals surface area contributed by atoms with Gasteiger partial charge in [-0.25, -0.2) is 4.98 Å². The van der Waals surface area contributed by atoms with Crippen LogP contribution in [0.1, 0.15) is 48.2 Å². The lowest BCUT2D eigenvalue weighted by Crippen LogP contribution is -2.58. The van der Waals surface area contributed by atoms with Crippen LogP contribution in [-0.4, -0.2) is 63.4 Å². The van der Waals surface area contributed by atoms with Crippen molar-refractivity contribution >= 4 is 11.8 Å². The van der Waals surface area contributed by atoms with E-state index < -0.39 is 0 Å². The maximum absolute atomic E-state index is 13.2. The summed E-state index contributed by atoms with van der Waals surface area (Å²) < 4.78 is 7.68. The molecule has 30 heavy (non-hydrogen) atoms. The molecule has 2 amide bonds. The van der Waals surface area contributed by atoms with Gasteiger partial charge in [-0.3, -0.25) is 9.59 Å². The smallest absolute Gasteiger partial charge is 0.274 e. The number of aromatic nitrogens is 2. The summed E-state index contributed by atoms with van der Waals surface area (Å²) in [4.78, 5) is 34.1. The van der Waals surface area contributed by atoms with E-state index in [1.165, 1.54) is 0 Å². The molecule has 4 rings (SSSR count). The molecule has 1 fully saturated rings. The molecule has 1 saturated heterocycles. The minimum atomic E-state index is -0.0486. The van der Waals surface area contributed by atoms with Gasteiger partial charge in [0.25, 0.3) is 11.8 Å². The first kappa shape index (κ1) is 20.4. The van der Waals surface area contributed by atoms with Gasteiger partial charge in [0.05, 0.1) is 18.4 Å². The Morgan fingerprint density at radius 1 is 1.10 bits per heavy atom. The number of carbonyl (C=O) groups is 2. The van der Waals surface area contributed by atoms with E-state index >= 15 is 0 Å². The number of likely N-dealkylation sites (tertiary alicyclic amines) is 1. The quantitative estimate of drug-likeness (QED) is 0.725. The van der Waals surface area contributed by atoms with Gasteiger partial charge >= 0.3 is 0 Å². The molecule has 0 N–H and O–H groups in total. The first-order chi connectivity index (χ1) is 14.5. The number of amides is 2. The van der Waals surface area contributed by atoms with Crippen molar-refractivity contribution in [2.75, 3.05) is 20.2 Å². The number of ether oxygens (including phenoxy) is 1. The number of aryl methyl sites for hydroxylation is 2. The molecule has 7 heteroatoms. The van der Waals surface area contributed by atoms with E-state index in [1.807, 2.05) is 37.2 Å². The maximum atomic E-state index is 13.2. The molecule has 2 aliphatic heterocycles. The molecule has 0 spiro atoms. The number of para-hydroxylation sites is 1. The zero-order valence-corrected chi connectivity index (χ0v) is 17.8. The van der Waals surface area contributed by atoms with E-state index in [4.69, 9.17) is 4.74 Å². The number of hydrogen-bond donors (Lipinski definition) is 0. The lowest BCUT2D eigenvalue weighted by atomic mass is 9.89. The number of carbonyl (C=O) groups excluding carboxylic acids is 2. The van der Waals surface area contributed by atoms with Crippen LogP contribution in [0.25, 0.3) is 0 Å². The average molecular weight is 411 g/mol. The van der Waals surface area contributed by atoms with Gasteiger partial charge in [0.1, 0.15) is 11.4 Å². The average Bonchev–Trinajstić information content (AvgIpc) is 3.20. The van der Waals surface area contributed by atoms with Gasteiger partial charge in [-0.05, 0) is 43.7 Å². The minimum absolute atomic E-state index is 0.00261. The SMILES string of the molecule is CN1C(=O)COc2ccccc2CCCC[C@@H]2[C@H]1CCCN2C(=O)c1cn(C)cn1. The largest absolute Gasteiger partial charge is 0.483 e. The molecule has 0 bridgehead atoms. The highest BCUT2D eigenvalue weighted by atomic mass is 16.5. The zero-order valence-electron chi connectivity index (χ0n) is 17.8. The number of likely N-dealkylation sites (N-methyl/N-ethyl adjacent to an activating group) is 1. The molecule has 0 radical (unpaired) electrons. The van der Waals surface area contributed by atoms with Crippen molar-refractivity contribution in [2.24, 2.45) is 7.05 Å². The lowest BCUT2D eigenvalue weighted by molar-refractivity contribution is -0.136. The fourth-order valence-electron chi connectivity index (χ4n) is 4.71. The Hall–Kier alpha value is -2.83. The lowest BCUT2D eigenvalue weighted by Gasteiger charge is -2.45. The van der Waals surface area contributed by atoms with E-state index in [9.17, 15) is 9.59 Å². The van der Waals surface area contributed by atoms with Crippen molar-refractivity contribution in [3.8, 4) is 5.75 Å². The second-order valence-corrected chi connectivity index (χ2v) is 8.35. The summed E-state index contributed by atoms with van der Waals surface area (Å²) in [5.74, 6) is 0.708. The highest BCUT2D eigenvalue weighted by Gasteiger charge is 2.38. The number of nitrogens with zero attached hydrogens (tertiary/aromatic N) is 4. The van der Waals surface area contributed by atoms with Gasteiger partial charge in [-0.1, -0.05) is 24.6 Å². The van der Waals surface area contributed by atoms with E-state index in [1.54, 1.807) is 22.0 Å². The Balaban J connectivity index is 1.58. The molecule has 2 atom stereocenters. The molecule has 3 heterocycles. The summed E-state index contributed by atoms with van der Waals surface area (Å²) in [5.41, 5.74) is 1.60. The summed E-state index contributed by atoms with van der Waals surface area (Å²) in [6.07, 6.45) is 8.99. The molecule has 160 valence electrons. The normalized spacial score (nSPS) is 22.9. The Bertz CT molecular complexity index is 909. The van der Waals surface area contributed by atoms with Crippen LogP contribution in [0.2, 0.25) is 0 Å². The van der Waals surface area contributed by atoms with E-state index in [0.29, 0.717) is 12.2 Å². The van der Waals surface area contributed by atoms with Crippen molar-refractivity contribution in [2.45, 2.75) is 50.6 Å². The van der Waals surface area contributed by atoms with Crippen molar-refractivity contribution < 1.29 is 14.3 Å². The summed E-state index contributed by atoms with van der Waals surface area (Å²) in [7, 11) is 3.71. The van der Waals surface area contributed by atoms with Crippen LogP contribution >= 0.6 is 0 Å². The van der Waals surface area contributed by atoms with Gasteiger partial charge in [-0.15, -0.1) is 0 Å². The van der Waals surface area contributed by atoms with Crippen LogP contribution in [0.15, 0.2) is 36.8 Å². The number of fused-ring (bicyclic) bond motifs is 2. The molecule has 2 aliphatic rings.